The third-order valence-electron chi connectivity index (χ3n) is 3.39. The molecule has 0 N–H and O–H groups in total. The maximum atomic E-state index is 12.3. The Balaban J connectivity index is 1.87. The average molecular weight is 273 g/mol. The maximum absolute atomic E-state index is 12.3. The van der Waals surface area contributed by atoms with Gasteiger partial charge in [0.25, 0.3) is 0 Å². The zero-order valence-corrected chi connectivity index (χ0v) is 11.8. The normalized spacial score (nSPS) is 10.3. The van der Waals surface area contributed by atoms with E-state index in [1.54, 1.807) is 0 Å². The summed E-state index contributed by atoms with van der Waals surface area (Å²) in [4.78, 5) is 16.7. The summed E-state index contributed by atoms with van der Waals surface area (Å²) >= 11 is 0. The third kappa shape index (κ3) is 2.90. The first kappa shape index (κ1) is 13.3. The van der Waals surface area contributed by atoms with E-state index < -0.39 is 0 Å². The number of rotatable bonds is 3. The van der Waals surface area contributed by atoms with Gasteiger partial charge in [-0.15, -0.1) is 0 Å². The highest BCUT2D eigenvalue weighted by Crippen LogP contribution is 2.19. The smallest absolute Gasteiger partial charge is 0.193 e. The SMILES string of the molecule is Cc1ccc(-c2ccc(C(=O)c3ccccc3)cc2)nc1. The van der Waals surface area contributed by atoms with Crippen molar-refractivity contribution in [1.29, 1.82) is 0 Å². The van der Waals surface area contributed by atoms with Crippen molar-refractivity contribution in [3.63, 3.8) is 0 Å². The van der Waals surface area contributed by atoms with E-state index >= 15 is 0 Å². The van der Waals surface area contributed by atoms with Crippen LogP contribution in [-0.2, 0) is 0 Å². The van der Waals surface area contributed by atoms with Gasteiger partial charge in [0.05, 0.1) is 5.69 Å². The van der Waals surface area contributed by atoms with Gasteiger partial charge in [0.15, 0.2) is 5.78 Å². The summed E-state index contributed by atoms with van der Waals surface area (Å²) in [5.41, 5.74) is 4.46. The Morgan fingerprint density at radius 1 is 0.810 bits per heavy atom. The molecule has 0 saturated carbocycles. The number of benzene rings is 2. The standard InChI is InChI=1S/C19H15NO/c1-14-7-12-18(20-13-14)15-8-10-17(11-9-15)19(21)16-5-3-2-4-6-16/h2-13H,1H3. The van der Waals surface area contributed by atoms with Gasteiger partial charge in [0.1, 0.15) is 0 Å². The predicted molar refractivity (Wildman–Crippen MR) is 84.3 cm³/mol. The fourth-order valence-corrected chi connectivity index (χ4v) is 2.19. The lowest BCUT2D eigenvalue weighted by molar-refractivity contribution is 0.103. The first-order valence-electron chi connectivity index (χ1n) is 6.87. The summed E-state index contributed by atoms with van der Waals surface area (Å²) in [6, 6.07) is 20.9. The van der Waals surface area contributed by atoms with E-state index in [0.717, 1.165) is 16.8 Å². The molecule has 21 heavy (non-hydrogen) atoms. The lowest BCUT2D eigenvalue weighted by Gasteiger charge is -2.04. The molecule has 0 amide bonds. The Kier molecular flexibility index (Phi) is 3.61. The van der Waals surface area contributed by atoms with Crippen LogP contribution >= 0.6 is 0 Å². The highest BCUT2D eigenvalue weighted by atomic mass is 16.1. The molecule has 2 heteroatoms. The van der Waals surface area contributed by atoms with Gasteiger partial charge < -0.3 is 0 Å². The third-order valence-corrected chi connectivity index (χ3v) is 3.39. The van der Waals surface area contributed by atoms with E-state index in [1.807, 2.05) is 79.9 Å². The zero-order chi connectivity index (χ0) is 14.7. The molecular formula is C19H15NO. The largest absolute Gasteiger partial charge is 0.289 e. The molecule has 3 aromatic rings. The molecule has 0 fully saturated rings. The molecular weight excluding hydrogens is 258 g/mol. The molecule has 1 aromatic heterocycles. The molecule has 1 heterocycles. The van der Waals surface area contributed by atoms with Crippen LogP contribution in [0.1, 0.15) is 21.5 Å². The molecule has 3 rings (SSSR count). The minimum absolute atomic E-state index is 0.0408. The van der Waals surface area contributed by atoms with Gasteiger partial charge in [-0.1, -0.05) is 60.7 Å². The van der Waals surface area contributed by atoms with Crippen LogP contribution in [0.3, 0.4) is 0 Å². The Morgan fingerprint density at radius 2 is 1.48 bits per heavy atom. The number of ketones is 1. The summed E-state index contributed by atoms with van der Waals surface area (Å²) < 4.78 is 0. The molecule has 0 aliphatic carbocycles. The fourth-order valence-electron chi connectivity index (χ4n) is 2.19. The summed E-state index contributed by atoms with van der Waals surface area (Å²) in [6.07, 6.45) is 1.85. The summed E-state index contributed by atoms with van der Waals surface area (Å²) in [6.45, 7) is 2.01. The Labute approximate surface area is 124 Å². The minimum atomic E-state index is 0.0408. The average Bonchev–Trinajstić information content (AvgIpc) is 2.56. The van der Waals surface area contributed by atoms with Crippen molar-refractivity contribution >= 4 is 5.78 Å². The number of pyridine rings is 1. The van der Waals surface area contributed by atoms with E-state index in [2.05, 4.69) is 4.98 Å². The highest BCUT2D eigenvalue weighted by Gasteiger charge is 2.08. The lowest BCUT2D eigenvalue weighted by atomic mass is 10.0. The highest BCUT2D eigenvalue weighted by molar-refractivity contribution is 6.09. The topological polar surface area (TPSA) is 30.0 Å². The van der Waals surface area contributed by atoms with Gasteiger partial charge >= 0.3 is 0 Å². The Hall–Kier alpha value is -2.74. The number of carbonyl (C=O) groups is 1. The monoisotopic (exact) mass is 273 g/mol. The predicted octanol–water partition coefficient (Wildman–Crippen LogP) is 4.29. The summed E-state index contributed by atoms with van der Waals surface area (Å²) in [7, 11) is 0. The van der Waals surface area contributed by atoms with Crippen molar-refractivity contribution in [2.45, 2.75) is 6.92 Å². The van der Waals surface area contributed by atoms with E-state index in [1.165, 1.54) is 0 Å². The molecule has 2 nitrogen and oxygen atoms in total. The van der Waals surface area contributed by atoms with Crippen molar-refractivity contribution in [2.24, 2.45) is 0 Å². The second kappa shape index (κ2) is 5.71. The van der Waals surface area contributed by atoms with Gasteiger partial charge in [-0.25, -0.2) is 0 Å². The van der Waals surface area contributed by atoms with Gasteiger partial charge in [0, 0.05) is 22.9 Å². The molecule has 2 aromatic carbocycles. The minimum Gasteiger partial charge on any atom is -0.289 e. The zero-order valence-electron chi connectivity index (χ0n) is 11.8. The molecule has 0 unspecified atom stereocenters. The molecule has 0 aliphatic rings. The van der Waals surface area contributed by atoms with Crippen LogP contribution in [0.15, 0.2) is 72.9 Å². The van der Waals surface area contributed by atoms with Crippen molar-refractivity contribution < 1.29 is 4.79 Å². The van der Waals surface area contributed by atoms with E-state index in [0.29, 0.717) is 11.1 Å². The number of aromatic nitrogens is 1. The van der Waals surface area contributed by atoms with Crippen LogP contribution in [0.5, 0.6) is 0 Å². The summed E-state index contributed by atoms with van der Waals surface area (Å²) in [5.74, 6) is 0.0408. The Bertz CT molecular complexity index is 744. The van der Waals surface area contributed by atoms with Crippen LogP contribution in [0, 0.1) is 6.92 Å². The number of hydrogen-bond acceptors (Lipinski definition) is 2. The second-order valence-corrected chi connectivity index (χ2v) is 4.99. The maximum Gasteiger partial charge on any atom is 0.193 e. The van der Waals surface area contributed by atoms with Gasteiger partial charge in [-0.05, 0) is 18.6 Å². The summed E-state index contributed by atoms with van der Waals surface area (Å²) in [5, 5.41) is 0. The molecule has 0 radical (unpaired) electrons. The molecule has 0 spiro atoms. The molecule has 0 aliphatic heterocycles. The molecule has 0 saturated heterocycles. The van der Waals surface area contributed by atoms with Crippen LogP contribution in [0.2, 0.25) is 0 Å². The number of aryl methyl sites for hydroxylation is 1. The van der Waals surface area contributed by atoms with Crippen molar-refractivity contribution in [1.82, 2.24) is 4.98 Å². The number of carbonyl (C=O) groups excluding carboxylic acids is 1. The van der Waals surface area contributed by atoms with E-state index in [9.17, 15) is 4.79 Å². The molecule has 0 bridgehead atoms. The molecule has 102 valence electrons. The van der Waals surface area contributed by atoms with Crippen LogP contribution < -0.4 is 0 Å². The van der Waals surface area contributed by atoms with Gasteiger partial charge in [-0.2, -0.15) is 0 Å². The second-order valence-electron chi connectivity index (χ2n) is 4.99. The van der Waals surface area contributed by atoms with Crippen LogP contribution in [-0.4, -0.2) is 10.8 Å². The van der Waals surface area contributed by atoms with Crippen molar-refractivity contribution in [2.75, 3.05) is 0 Å². The Morgan fingerprint density at radius 3 is 2.10 bits per heavy atom. The van der Waals surface area contributed by atoms with Crippen molar-refractivity contribution in [3.05, 3.63) is 89.6 Å². The van der Waals surface area contributed by atoms with E-state index in [4.69, 9.17) is 0 Å². The number of nitrogens with zero attached hydrogens (tertiary/aromatic N) is 1. The van der Waals surface area contributed by atoms with Crippen molar-refractivity contribution in [3.8, 4) is 11.3 Å². The van der Waals surface area contributed by atoms with Crippen LogP contribution in [0.25, 0.3) is 11.3 Å². The first-order valence-corrected chi connectivity index (χ1v) is 6.87. The van der Waals surface area contributed by atoms with Crippen LogP contribution in [0.4, 0.5) is 0 Å². The first-order chi connectivity index (χ1) is 10.2. The fraction of sp³-hybridized carbons (Fsp3) is 0.0526. The quantitative estimate of drug-likeness (QED) is 0.666. The van der Waals surface area contributed by atoms with Gasteiger partial charge in [0.2, 0.25) is 0 Å². The molecule has 0 atom stereocenters. The lowest BCUT2D eigenvalue weighted by Crippen LogP contribution is -2.00. The number of hydrogen-bond donors (Lipinski definition) is 0. The van der Waals surface area contributed by atoms with Gasteiger partial charge in [-0.3, -0.25) is 9.78 Å². The van der Waals surface area contributed by atoms with E-state index in [-0.39, 0.29) is 5.78 Å².